The summed E-state index contributed by atoms with van der Waals surface area (Å²) < 4.78 is 9.78. The van der Waals surface area contributed by atoms with Crippen LogP contribution in [0.4, 0.5) is 0 Å². The highest BCUT2D eigenvalue weighted by atomic mass is 16.5. The second kappa shape index (κ2) is 10.0. The van der Waals surface area contributed by atoms with Crippen LogP contribution in [0, 0.1) is 0 Å². The van der Waals surface area contributed by atoms with Gasteiger partial charge in [0.25, 0.3) is 0 Å². The van der Waals surface area contributed by atoms with Gasteiger partial charge in [-0.25, -0.2) is 0 Å². The molecule has 0 aromatic heterocycles. The molecule has 0 radical (unpaired) electrons. The van der Waals surface area contributed by atoms with Crippen molar-refractivity contribution in [3.8, 4) is 0 Å². The van der Waals surface area contributed by atoms with Gasteiger partial charge in [0.15, 0.2) is 0 Å². The number of hydrogen-bond acceptors (Lipinski definition) is 2. The van der Waals surface area contributed by atoms with Crippen molar-refractivity contribution in [2.75, 3.05) is 20.8 Å². The lowest BCUT2D eigenvalue weighted by atomic mass is 10.2. The van der Waals surface area contributed by atoms with Crippen LogP contribution in [0.1, 0.15) is 47.0 Å². The van der Waals surface area contributed by atoms with Crippen LogP contribution in [0.2, 0.25) is 0 Å². The number of methoxy groups -OCH3 is 2. The van der Waals surface area contributed by atoms with Gasteiger partial charge in [-0.15, -0.1) is 0 Å². The van der Waals surface area contributed by atoms with E-state index >= 15 is 0 Å². The molecule has 0 aliphatic carbocycles. The van der Waals surface area contributed by atoms with E-state index in [4.69, 9.17) is 9.47 Å². The molecule has 0 amide bonds. The van der Waals surface area contributed by atoms with Crippen LogP contribution in [0.3, 0.4) is 0 Å². The maximum absolute atomic E-state index is 4.94. The zero-order valence-corrected chi connectivity index (χ0v) is 10.1. The van der Waals surface area contributed by atoms with E-state index in [2.05, 4.69) is 6.92 Å². The van der Waals surface area contributed by atoms with E-state index in [1.54, 1.807) is 14.2 Å². The van der Waals surface area contributed by atoms with E-state index in [0.717, 1.165) is 6.61 Å². The smallest absolute Gasteiger partial charge is 0.0594 e. The number of rotatable bonds is 4. The summed E-state index contributed by atoms with van der Waals surface area (Å²) in [5.41, 5.74) is 0.0417. The molecule has 0 aliphatic heterocycles. The highest BCUT2D eigenvalue weighted by Gasteiger charge is 2.03. The molecule has 0 spiro atoms. The molecule has 0 bridgehead atoms. The second-order valence-corrected chi connectivity index (χ2v) is 4.02. The fourth-order valence-electron chi connectivity index (χ4n) is 0.496. The van der Waals surface area contributed by atoms with Crippen LogP contribution in [0.25, 0.3) is 0 Å². The highest BCUT2D eigenvalue weighted by Crippen LogP contribution is 2.02. The molecular weight excluding hydrogens is 164 g/mol. The highest BCUT2D eigenvalue weighted by molar-refractivity contribution is 4.55. The number of ether oxygens (including phenoxy) is 2. The Morgan fingerprint density at radius 2 is 1.46 bits per heavy atom. The number of hydrogen-bond donors (Lipinski definition) is 0. The standard InChI is InChI=1S/C6H14O.C5H12O/c1-3-4-5-6-7-2;1-5(2,3)6-4/h3-6H2,1-2H3;1-4H3. The summed E-state index contributed by atoms with van der Waals surface area (Å²) in [6.07, 6.45) is 3.80. The molecule has 0 heterocycles. The minimum Gasteiger partial charge on any atom is -0.385 e. The summed E-state index contributed by atoms with van der Waals surface area (Å²) in [5, 5.41) is 0. The van der Waals surface area contributed by atoms with Crippen molar-refractivity contribution >= 4 is 0 Å². The molecule has 13 heavy (non-hydrogen) atoms. The normalized spacial score (nSPS) is 10.6. The molecule has 0 fully saturated rings. The maximum atomic E-state index is 4.94. The van der Waals surface area contributed by atoms with Gasteiger partial charge in [0.1, 0.15) is 0 Å². The first-order chi connectivity index (χ1) is 5.97. The van der Waals surface area contributed by atoms with Crippen molar-refractivity contribution in [3.63, 3.8) is 0 Å². The summed E-state index contributed by atoms with van der Waals surface area (Å²) >= 11 is 0. The first-order valence-corrected chi connectivity index (χ1v) is 5.02. The maximum Gasteiger partial charge on any atom is 0.0594 e. The molecule has 82 valence electrons. The lowest BCUT2D eigenvalue weighted by Crippen LogP contribution is -2.15. The Bertz CT molecular complexity index is 80.6. The van der Waals surface area contributed by atoms with Crippen LogP contribution < -0.4 is 0 Å². The van der Waals surface area contributed by atoms with Gasteiger partial charge < -0.3 is 9.47 Å². The van der Waals surface area contributed by atoms with Gasteiger partial charge in [-0.05, 0) is 27.2 Å². The molecule has 0 saturated heterocycles. The van der Waals surface area contributed by atoms with Crippen molar-refractivity contribution in [3.05, 3.63) is 0 Å². The summed E-state index contributed by atoms with van der Waals surface area (Å²) in [7, 11) is 3.45. The van der Waals surface area contributed by atoms with Crippen LogP contribution >= 0.6 is 0 Å². The zero-order chi connectivity index (χ0) is 10.7. The van der Waals surface area contributed by atoms with E-state index in [9.17, 15) is 0 Å². The van der Waals surface area contributed by atoms with Gasteiger partial charge in [-0.3, -0.25) is 0 Å². The Morgan fingerprint density at radius 3 is 1.69 bits per heavy atom. The van der Waals surface area contributed by atoms with Crippen molar-refractivity contribution in [1.29, 1.82) is 0 Å². The third-order valence-electron chi connectivity index (χ3n) is 1.56. The van der Waals surface area contributed by atoms with Gasteiger partial charge in [0.2, 0.25) is 0 Å². The van der Waals surface area contributed by atoms with E-state index in [-0.39, 0.29) is 5.60 Å². The van der Waals surface area contributed by atoms with E-state index in [1.807, 2.05) is 20.8 Å². The summed E-state index contributed by atoms with van der Waals surface area (Å²) in [4.78, 5) is 0. The van der Waals surface area contributed by atoms with Crippen molar-refractivity contribution < 1.29 is 9.47 Å². The molecule has 0 aliphatic rings. The van der Waals surface area contributed by atoms with Gasteiger partial charge in [0.05, 0.1) is 5.60 Å². The SMILES string of the molecule is CCCCCOC.COC(C)(C)C. The average molecular weight is 190 g/mol. The third kappa shape index (κ3) is 24.5. The molecule has 2 nitrogen and oxygen atoms in total. The molecule has 0 unspecified atom stereocenters. The predicted molar refractivity (Wildman–Crippen MR) is 58.2 cm³/mol. The Labute approximate surface area is 83.6 Å². The first kappa shape index (κ1) is 15.4. The summed E-state index contributed by atoms with van der Waals surface area (Å²) in [5.74, 6) is 0. The molecule has 0 N–H and O–H groups in total. The summed E-state index contributed by atoms with van der Waals surface area (Å²) in [6, 6.07) is 0. The molecule has 0 saturated carbocycles. The monoisotopic (exact) mass is 190 g/mol. The molecule has 0 rings (SSSR count). The molecule has 2 heteroatoms. The Balaban J connectivity index is 0. The van der Waals surface area contributed by atoms with E-state index < -0.39 is 0 Å². The topological polar surface area (TPSA) is 18.5 Å². The lowest BCUT2D eigenvalue weighted by molar-refractivity contribution is 0.0397. The van der Waals surface area contributed by atoms with Crippen molar-refractivity contribution in [2.24, 2.45) is 0 Å². The van der Waals surface area contributed by atoms with Gasteiger partial charge >= 0.3 is 0 Å². The molecule has 0 aromatic carbocycles. The van der Waals surface area contributed by atoms with E-state index in [1.165, 1.54) is 19.3 Å². The van der Waals surface area contributed by atoms with Crippen molar-refractivity contribution in [2.45, 2.75) is 52.6 Å². The second-order valence-electron chi connectivity index (χ2n) is 4.02. The van der Waals surface area contributed by atoms with Crippen LogP contribution in [-0.2, 0) is 9.47 Å². The van der Waals surface area contributed by atoms with Crippen LogP contribution in [-0.4, -0.2) is 26.4 Å². The van der Waals surface area contributed by atoms with Crippen LogP contribution in [0.5, 0.6) is 0 Å². The summed E-state index contributed by atoms with van der Waals surface area (Å²) in [6.45, 7) is 9.18. The quantitative estimate of drug-likeness (QED) is 0.633. The lowest BCUT2D eigenvalue weighted by Gasteiger charge is -2.14. The fraction of sp³-hybridized carbons (Fsp3) is 1.00. The minimum absolute atomic E-state index is 0.0417. The fourth-order valence-corrected chi connectivity index (χ4v) is 0.496. The molecule has 0 atom stereocenters. The van der Waals surface area contributed by atoms with E-state index in [0.29, 0.717) is 0 Å². The van der Waals surface area contributed by atoms with Gasteiger partial charge in [-0.2, -0.15) is 0 Å². The average Bonchev–Trinajstić information content (AvgIpc) is 2.06. The predicted octanol–water partition coefficient (Wildman–Crippen LogP) is 3.25. The van der Waals surface area contributed by atoms with Gasteiger partial charge in [0, 0.05) is 20.8 Å². The van der Waals surface area contributed by atoms with Crippen LogP contribution in [0.15, 0.2) is 0 Å². The van der Waals surface area contributed by atoms with Gasteiger partial charge in [-0.1, -0.05) is 19.8 Å². The zero-order valence-electron chi connectivity index (χ0n) is 10.1. The Kier molecular flexibility index (Phi) is 11.8. The Hall–Kier alpha value is -0.0800. The largest absolute Gasteiger partial charge is 0.385 e. The van der Waals surface area contributed by atoms with Crippen molar-refractivity contribution in [1.82, 2.24) is 0 Å². The minimum atomic E-state index is 0.0417. The third-order valence-corrected chi connectivity index (χ3v) is 1.56. The Morgan fingerprint density at radius 1 is 1.00 bits per heavy atom. The molecular formula is C11H26O2. The number of unbranched alkanes of at least 4 members (excludes halogenated alkanes) is 2. The first-order valence-electron chi connectivity index (χ1n) is 5.02. The molecule has 0 aromatic rings.